The van der Waals surface area contributed by atoms with Crippen LogP contribution in [0.5, 0.6) is 0 Å². The Labute approximate surface area is 127 Å². The SMILES string of the molecule is CCCCCCCCCCCCCCCC=O.[Zn]. The van der Waals surface area contributed by atoms with Crippen molar-refractivity contribution in [3.63, 3.8) is 0 Å². The maximum Gasteiger partial charge on any atom is 0.119 e. The second kappa shape index (κ2) is 19.6. The molecule has 0 rings (SSSR count). The van der Waals surface area contributed by atoms with E-state index < -0.39 is 0 Å². The minimum absolute atomic E-state index is 0. The fourth-order valence-electron chi connectivity index (χ4n) is 2.25. The van der Waals surface area contributed by atoms with E-state index in [1.807, 2.05) is 0 Å². The molecule has 2 heteroatoms. The topological polar surface area (TPSA) is 17.1 Å². The number of carbonyl (C=O) groups excluding carboxylic acids is 1. The van der Waals surface area contributed by atoms with Gasteiger partial charge in [-0.2, -0.15) is 0 Å². The van der Waals surface area contributed by atoms with Crippen molar-refractivity contribution in [3.05, 3.63) is 0 Å². The molecule has 0 bridgehead atoms. The Bertz CT molecular complexity index is 148. The molecule has 0 aliphatic heterocycles. The van der Waals surface area contributed by atoms with Crippen molar-refractivity contribution in [1.29, 1.82) is 0 Å². The molecule has 0 aliphatic carbocycles. The predicted octanol–water partition coefficient (Wildman–Crippen LogP) is 5.66. The summed E-state index contributed by atoms with van der Waals surface area (Å²) in [6.07, 6.45) is 19.6. The maximum absolute atomic E-state index is 10.1. The summed E-state index contributed by atoms with van der Waals surface area (Å²) in [5.74, 6) is 0. The summed E-state index contributed by atoms with van der Waals surface area (Å²) < 4.78 is 0. The van der Waals surface area contributed by atoms with Crippen molar-refractivity contribution in [1.82, 2.24) is 0 Å². The summed E-state index contributed by atoms with van der Waals surface area (Å²) in [6.45, 7) is 2.27. The quantitative estimate of drug-likeness (QED) is 0.230. The molecule has 0 aromatic carbocycles. The van der Waals surface area contributed by atoms with Crippen LogP contribution in [0.15, 0.2) is 0 Å². The van der Waals surface area contributed by atoms with Crippen LogP contribution < -0.4 is 0 Å². The molecule has 0 amide bonds. The number of rotatable bonds is 14. The average Bonchev–Trinajstić information content (AvgIpc) is 2.35. The van der Waals surface area contributed by atoms with Crippen LogP contribution in [0, 0.1) is 0 Å². The fraction of sp³-hybridized carbons (Fsp3) is 0.938. The number of unbranched alkanes of at least 4 members (excludes halogenated alkanes) is 13. The molecule has 0 unspecified atom stereocenters. The number of aldehydes is 1. The van der Waals surface area contributed by atoms with Gasteiger partial charge in [0.2, 0.25) is 0 Å². The summed E-state index contributed by atoms with van der Waals surface area (Å²) in [5.41, 5.74) is 0. The maximum atomic E-state index is 10.1. The Hall–Kier alpha value is 0.293. The summed E-state index contributed by atoms with van der Waals surface area (Å²) in [4.78, 5) is 10.1. The molecular weight excluding hydrogens is 274 g/mol. The van der Waals surface area contributed by atoms with Gasteiger partial charge >= 0.3 is 0 Å². The molecule has 0 spiro atoms. The fourth-order valence-corrected chi connectivity index (χ4v) is 2.25. The van der Waals surface area contributed by atoms with E-state index >= 15 is 0 Å². The summed E-state index contributed by atoms with van der Waals surface area (Å²) in [7, 11) is 0. The number of carbonyl (C=O) groups is 1. The molecule has 104 valence electrons. The van der Waals surface area contributed by atoms with Crippen LogP contribution in [-0.4, -0.2) is 6.29 Å². The summed E-state index contributed by atoms with van der Waals surface area (Å²) in [5, 5.41) is 0. The second-order valence-electron chi connectivity index (χ2n) is 5.20. The van der Waals surface area contributed by atoms with Gasteiger partial charge < -0.3 is 4.79 Å². The first-order chi connectivity index (χ1) is 8.41. The van der Waals surface area contributed by atoms with Gasteiger partial charge in [0.05, 0.1) is 0 Å². The molecule has 18 heavy (non-hydrogen) atoms. The Balaban J connectivity index is 0. The molecule has 0 aromatic heterocycles. The molecular formula is C16H32OZn. The Morgan fingerprint density at radius 3 is 1.28 bits per heavy atom. The van der Waals surface area contributed by atoms with Crippen LogP contribution >= 0.6 is 0 Å². The molecule has 0 fully saturated rings. The van der Waals surface area contributed by atoms with Crippen LogP contribution in [-0.2, 0) is 24.3 Å². The Morgan fingerprint density at radius 1 is 0.611 bits per heavy atom. The van der Waals surface area contributed by atoms with Crippen LogP contribution in [0.25, 0.3) is 0 Å². The normalized spacial score (nSPS) is 10.1. The first-order valence-corrected chi connectivity index (χ1v) is 7.85. The smallest absolute Gasteiger partial charge is 0.119 e. The van der Waals surface area contributed by atoms with Gasteiger partial charge in [0.1, 0.15) is 6.29 Å². The van der Waals surface area contributed by atoms with Gasteiger partial charge in [-0.25, -0.2) is 0 Å². The van der Waals surface area contributed by atoms with Gasteiger partial charge in [-0.3, -0.25) is 0 Å². The van der Waals surface area contributed by atoms with Gasteiger partial charge in [0.15, 0.2) is 0 Å². The average molecular weight is 306 g/mol. The zero-order valence-corrected chi connectivity index (χ0v) is 15.6. The Morgan fingerprint density at radius 2 is 0.944 bits per heavy atom. The minimum atomic E-state index is 0. The second-order valence-corrected chi connectivity index (χ2v) is 5.20. The van der Waals surface area contributed by atoms with E-state index in [2.05, 4.69) is 6.92 Å². The van der Waals surface area contributed by atoms with E-state index in [0.717, 1.165) is 19.1 Å². The zero-order chi connectivity index (χ0) is 12.6. The van der Waals surface area contributed by atoms with Gasteiger partial charge in [0, 0.05) is 25.9 Å². The van der Waals surface area contributed by atoms with Crippen molar-refractivity contribution in [2.75, 3.05) is 0 Å². The summed E-state index contributed by atoms with van der Waals surface area (Å²) in [6, 6.07) is 0. The molecule has 0 radical (unpaired) electrons. The number of hydrogen-bond donors (Lipinski definition) is 0. The molecule has 0 saturated carbocycles. The zero-order valence-electron chi connectivity index (χ0n) is 12.6. The van der Waals surface area contributed by atoms with Crippen molar-refractivity contribution < 1.29 is 24.3 Å². The molecule has 0 N–H and O–H groups in total. The van der Waals surface area contributed by atoms with Crippen LogP contribution in [0.2, 0.25) is 0 Å². The van der Waals surface area contributed by atoms with Crippen LogP contribution in [0.4, 0.5) is 0 Å². The van der Waals surface area contributed by atoms with Crippen LogP contribution in [0.3, 0.4) is 0 Å². The third-order valence-electron chi connectivity index (χ3n) is 3.43. The van der Waals surface area contributed by atoms with Gasteiger partial charge in [0.25, 0.3) is 0 Å². The standard InChI is InChI=1S/C16H32O.Zn/c1-2-3-4-5-6-7-8-9-10-11-12-13-14-15-16-17;/h16H,2-15H2,1H3;. The predicted molar refractivity (Wildman–Crippen MR) is 76.4 cm³/mol. The van der Waals surface area contributed by atoms with E-state index in [1.54, 1.807) is 0 Å². The van der Waals surface area contributed by atoms with Gasteiger partial charge in [-0.1, -0.05) is 84.0 Å². The Kier molecular flexibility index (Phi) is 22.5. The van der Waals surface area contributed by atoms with E-state index in [9.17, 15) is 4.79 Å². The van der Waals surface area contributed by atoms with E-state index in [4.69, 9.17) is 0 Å². The van der Waals surface area contributed by atoms with Crippen molar-refractivity contribution in [3.8, 4) is 0 Å². The van der Waals surface area contributed by atoms with Crippen molar-refractivity contribution >= 4 is 6.29 Å². The van der Waals surface area contributed by atoms with Crippen LogP contribution in [0.1, 0.15) is 96.8 Å². The van der Waals surface area contributed by atoms with E-state index in [-0.39, 0.29) is 19.5 Å². The van der Waals surface area contributed by atoms with E-state index in [1.165, 1.54) is 77.0 Å². The molecule has 0 aliphatic rings. The third kappa shape index (κ3) is 18.7. The minimum Gasteiger partial charge on any atom is -0.303 e. The molecule has 0 aromatic rings. The molecule has 1 nitrogen and oxygen atoms in total. The van der Waals surface area contributed by atoms with Gasteiger partial charge in [-0.15, -0.1) is 0 Å². The molecule has 0 heterocycles. The third-order valence-corrected chi connectivity index (χ3v) is 3.43. The van der Waals surface area contributed by atoms with Crippen molar-refractivity contribution in [2.45, 2.75) is 96.8 Å². The van der Waals surface area contributed by atoms with E-state index in [0.29, 0.717) is 0 Å². The largest absolute Gasteiger partial charge is 0.303 e. The van der Waals surface area contributed by atoms with Crippen molar-refractivity contribution in [2.24, 2.45) is 0 Å². The van der Waals surface area contributed by atoms with Gasteiger partial charge in [-0.05, 0) is 6.42 Å². The monoisotopic (exact) mass is 304 g/mol. The first-order valence-electron chi connectivity index (χ1n) is 7.85. The molecule has 0 atom stereocenters. The summed E-state index contributed by atoms with van der Waals surface area (Å²) >= 11 is 0. The number of hydrogen-bond acceptors (Lipinski definition) is 1. The molecule has 0 saturated heterocycles. The first kappa shape index (κ1) is 20.6.